The minimum atomic E-state index is -2.87. The van der Waals surface area contributed by atoms with Crippen molar-refractivity contribution in [2.45, 2.75) is 20.0 Å². The van der Waals surface area contributed by atoms with Gasteiger partial charge in [-0.2, -0.15) is 8.78 Å². The van der Waals surface area contributed by atoms with E-state index in [9.17, 15) is 13.6 Å². The van der Waals surface area contributed by atoms with Gasteiger partial charge in [-0.1, -0.05) is 0 Å². The molecule has 1 N–H and O–H groups in total. The highest BCUT2D eigenvalue weighted by atomic mass is 19.3. The average Bonchev–Trinajstić information content (AvgIpc) is 3.50. The van der Waals surface area contributed by atoms with Crippen molar-refractivity contribution >= 4 is 23.1 Å². The molecule has 2 aromatic carbocycles. The Labute approximate surface area is 211 Å². The lowest BCUT2D eigenvalue weighted by molar-refractivity contribution is -0.103. The van der Waals surface area contributed by atoms with Gasteiger partial charge in [0, 0.05) is 47.7 Å². The van der Waals surface area contributed by atoms with Gasteiger partial charge in [-0.25, -0.2) is 9.97 Å². The van der Waals surface area contributed by atoms with Gasteiger partial charge in [-0.3, -0.25) is 9.20 Å². The molecule has 6 rings (SSSR count). The molecule has 2 saturated heterocycles. The Morgan fingerprint density at radius 1 is 1.16 bits per heavy atom. The zero-order valence-corrected chi connectivity index (χ0v) is 20.2. The maximum atomic E-state index is 13.1. The molecule has 4 heterocycles. The molecule has 0 unspecified atom stereocenters. The van der Waals surface area contributed by atoms with Crippen LogP contribution in [0, 0.1) is 12.3 Å². The standard InChI is InChI=1S/C27H25F2N5O3/c1-17-12-19(4-7-21(17)25(35)33-10-8-27(14-33)15-36-16-27)32-23-24-31-13-22(34(24)11-9-30-23)18-2-5-20(6-3-18)37-26(28)29/h2-7,9,11-13,26H,8,10,14-16H2,1H3,(H,30,32). The number of halogens is 2. The van der Waals surface area contributed by atoms with Crippen molar-refractivity contribution in [3.8, 4) is 17.0 Å². The van der Waals surface area contributed by atoms with Crippen LogP contribution in [-0.4, -0.2) is 58.1 Å². The second kappa shape index (κ2) is 9.11. The molecule has 2 aromatic heterocycles. The molecular formula is C27H25F2N5O3. The Bertz CT molecular complexity index is 1470. The van der Waals surface area contributed by atoms with E-state index in [-0.39, 0.29) is 17.1 Å². The first kappa shape index (κ1) is 23.4. The predicted molar refractivity (Wildman–Crippen MR) is 133 cm³/mol. The first-order valence-electron chi connectivity index (χ1n) is 12.0. The van der Waals surface area contributed by atoms with Crippen molar-refractivity contribution in [3.05, 3.63) is 72.2 Å². The fraction of sp³-hybridized carbons (Fsp3) is 0.296. The van der Waals surface area contributed by atoms with E-state index in [1.807, 2.05) is 34.4 Å². The second-order valence-corrected chi connectivity index (χ2v) is 9.64. The van der Waals surface area contributed by atoms with E-state index in [0.29, 0.717) is 17.0 Å². The van der Waals surface area contributed by atoms with Gasteiger partial charge in [0.1, 0.15) is 5.75 Å². The molecule has 0 atom stereocenters. The summed E-state index contributed by atoms with van der Waals surface area (Å²) in [6, 6.07) is 12.0. The van der Waals surface area contributed by atoms with Crippen LogP contribution in [-0.2, 0) is 4.74 Å². The topological polar surface area (TPSA) is 81.0 Å². The van der Waals surface area contributed by atoms with Crippen LogP contribution in [0.25, 0.3) is 16.9 Å². The summed E-state index contributed by atoms with van der Waals surface area (Å²) in [4.78, 5) is 24.1. The number of amides is 1. The lowest BCUT2D eigenvalue weighted by Crippen LogP contribution is -2.45. The predicted octanol–water partition coefficient (Wildman–Crippen LogP) is 4.91. The average molecular weight is 506 g/mol. The Morgan fingerprint density at radius 3 is 2.65 bits per heavy atom. The Kier molecular flexibility index (Phi) is 5.75. The Balaban J connectivity index is 1.21. The maximum absolute atomic E-state index is 13.1. The summed E-state index contributed by atoms with van der Waals surface area (Å²) in [6.45, 7) is 2.06. The van der Waals surface area contributed by atoms with Gasteiger partial charge in [-0.15, -0.1) is 0 Å². The fourth-order valence-electron chi connectivity index (χ4n) is 5.05. The molecule has 190 valence electrons. The molecule has 1 spiro atoms. The van der Waals surface area contributed by atoms with Gasteiger partial charge >= 0.3 is 6.61 Å². The third kappa shape index (κ3) is 4.37. The number of ether oxygens (including phenoxy) is 2. The Hall–Kier alpha value is -4.05. The maximum Gasteiger partial charge on any atom is 0.387 e. The second-order valence-electron chi connectivity index (χ2n) is 9.64. The highest BCUT2D eigenvalue weighted by molar-refractivity contribution is 5.96. The van der Waals surface area contributed by atoms with Crippen LogP contribution < -0.4 is 10.1 Å². The summed E-state index contributed by atoms with van der Waals surface area (Å²) in [7, 11) is 0. The highest BCUT2D eigenvalue weighted by Crippen LogP contribution is 2.38. The van der Waals surface area contributed by atoms with Gasteiger partial charge < -0.3 is 19.7 Å². The molecule has 2 aliphatic heterocycles. The third-order valence-corrected chi connectivity index (χ3v) is 7.06. The van der Waals surface area contributed by atoms with Crippen LogP contribution in [0.1, 0.15) is 22.3 Å². The van der Waals surface area contributed by atoms with Crippen LogP contribution >= 0.6 is 0 Å². The van der Waals surface area contributed by atoms with Gasteiger partial charge in [-0.05, 0) is 61.4 Å². The van der Waals surface area contributed by atoms with Gasteiger partial charge in [0.25, 0.3) is 5.91 Å². The monoisotopic (exact) mass is 505 g/mol. The molecular weight excluding hydrogens is 480 g/mol. The molecule has 4 aromatic rings. The summed E-state index contributed by atoms with van der Waals surface area (Å²) in [6.07, 6.45) is 6.14. The van der Waals surface area contributed by atoms with Crippen molar-refractivity contribution in [2.75, 3.05) is 31.6 Å². The van der Waals surface area contributed by atoms with Crippen molar-refractivity contribution in [3.63, 3.8) is 0 Å². The smallest absolute Gasteiger partial charge is 0.387 e. The number of imidazole rings is 1. The lowest BCUT2D eigenvalue weighted by Gasteiger charge is -2.37. The number of carbonyl (C=O) groups excluding carboxylic acids is 1. The molecule has 0 radical (unpaired) electrons. The number of rotatable bonds is 6. The number of aromatic nitrogens is 3. The van der Waals surface area contributed by atoms with Gasteiger partial charge in [0.05, 0.1) is 25.1 Å². The van der Waals surface area contributed by atoms with E-state index in [1.54, 1.807) is 30.7 Å². The Morgan fingerprint density at radius 2 is 1.97 bits per heavy atom. The van der Waals surface area contributed by atoms with Crippen molar-refractivity contribution in [2.24, 2.45) is 5.41 Å². The molecule has 10 heteroatoms. The number of aryl methyl sites for hydroxylation is 1. The number of anilines is 2. The van der Waals surface area contributed by atoms with Crippen molar-refractivity contribution < 1.29 is 23.0 Å². The van der Waals surface area contributed by atoms with E-state index < -0.39 is 6.61 Å². The summed E-state index contributed by atoms with van der Waals surface area (Å²) in [5.74, 6) is 0.697. The number of benzene rings is 2. The fourth-order valence-corrected chi connectivity index (χ4v) is 5.05. The number of alkyl halides is 2. The molecule has 8 nitrogen and oxygen atoms in total. The molecule has 2 fully saturated rings. The van der Waals surface area contributed by atoms with Crippen LogP contribution in [0.15, 0.2) is 61.1 Å². The number of nitrogens with zero attached hydrogens (tertiary/aromatic N) is 4. The number of carbonyl (C=O) groups is 1. The van der Waals surface area contributed by atoms with Crippen LogP contribution in [0.2, 0.25) is 0 Å². The van der Waals surface area contributed by atoms with Crippen LogP contribution in [0.3, 0.4) is 0 Å². The molecule has 2 aliphatic rings. The van der Waals surface area contributed by atoms with E-state index >= 15 is 0 Å². The number of likely N-dealkylation sites (tertiary alicyclic amines) is 1. The summed E-state index contributed by atoms with van der Waals surface area (Å²) in [5.41, 5.74) is 4.69. The molecule has 0 bridgehead atoms. The largest absolute Gasteiger partial charge is 0.435 e. The van der Waals surface area contributed by atoms with Crippen molar-refractivity contribution in [1.82, 2.24) is 19.3 Å². The normalized spacial score (nSPS) is 16.4. The van der Waals surface area contributed by atoms with Gasteiger partial charge in [0.2, 0.25) is 0 Å². The van der Waals surface area contributed by atoms with Crippen LogP contribution in [0.4, 0.5) is 20.3 Å². The first-order valence-corrected chi connectivity index (χ1v) is 12.0. The number of fused-ring (bicyclic) bond motifs is 1. The van der Waals surface area contributed by atoms with E-state index in [1.165, 1.54) is 12.1 Å². The quantitative estimate of drug-likeness (QED) is 0.401. The lowest BCUT2D eigenvalue weighted by atomic mass is 9.85. The molecule has 0 aliphatic carbocycles. The number of hydrogen-bond acceptors (Lipinski definition) is 6. The zero-order valence-electron chi connectivity index (χ0n) is 20.2. The van der Waals surface area contributed by atoms with Gasteiger partial charge in [0.15, 0.2) is 11.5 Å². The minimum Gasteiger partial charge on any atom is -0.435 e. The summed E-state index contributed by atoms with van der Waals surface area (Å²) >= 11 is 0. The van der Waals surface area contributed by atoms with Crippen LogP contribution in [0.5, 0.6) is 5.75 Å². The van der Waals surface area contributed by atoms with E-state index in [4.69, 9.17) is 4.74 Å². The molecule has 1 amide bonds. The molecule has 37 heavy (non-hydrogen) atoms. The SMILES string of the molecule is Cc1cc(Nc2nccn3c(-c4ccc(OC(F)F)cc4)cnc23)ccc1C(=O)N1CCC2(COC2)C1. The number of hydrogen-bond donors (Lipinski definition) is 1. The zero-order chi connectivity index (χ0) is 25.6. The van der Waals surface area contributed by atoms with E-state index in [2.05, 4.69) is 20.0 Å². The summed E-state index contributed by atoms with van der Waals surface area (Å²) < 4.78 is 36.6. The minimum absolute atomic E-state index is 0.0518. The first-order chi connectivity index (χ1) is 17.9. The summed E-state index contributed by atoms with van der Waals surface area (Å²) in [5, 5.41) is 3.31. The molecule has 0 saturated carbocycles. The third-order valence-electron chi connectivity index (χ3n) is 7.06. The van der Waals surface area contributed by atoms with E-state index in [0.717, 1.165) is 55.2 Å². The van der Waals surface area contributed by atoms with Crippen molar-refractivity contribution in [1.29, 1.82) is 0 Å². The highest BCUT2D eigenvalue weighted by Gasteiger charge is 2.45. The number of nitrogens with one attached hydrogen (secondary N) is 1.